The molecule has 0 atom stereocenters. The molecule has 1 heterocycles. The molecule has 1 aromatic carbocycles. The van der Waals surface area contributed by atoms with Gasteiger partial charge in [0.25, 0.3) is 0 Å². The molecule has 0 radical (unpaired) electrons. The van der Waals surface area contributed by atoms with Gasteiger partial charge in [0.2, 0.25) is 0 Å². The van der Waals surface area contributed by atoms with Gasteiger partial charge >= 0.3 is 0 Å². The zero-order valence-corrected chi connectivity index (χ0v) is 12.2. The molecule has 0 saturated carbocycles. The number of fused-ring (bicyclic) bond motifs is 1. The summed E-state index contributed by atoms with van der Waals surface area (Å²) in [6.07, 6.45) is 0. The average molecular weight is 305 g/mol. The minimum Gasteiger partial charge on any atom is -0.487 e. The summed E-state index contributed by atoms with van der Waals surface area (Å²) >= 11 is 0. The van der Waals surface area contributed by atoms with Crippen molar-refractivity contribution in [3.63, 3.8) is 0 Å². The predicted octanol–water partition coefficient (Wildman–Crippen LogP) is 1.93. The van der Waals surface area contributed by atoms with E-state index in [-0.39, 0.29) is 12.4 Å². The Bertz CT molecular complexity index is 328. The number of para-hydroxylation sites is 2. The molecule has 0 spiro atoms. The maximum Gasteiger partial charge on any atom is 0.161 e. The van der Waals surface area contributed by atoms with Crippen molar-refractivity contribution in [2.45, 2.75) is 0 Å². The van der Waals surface area contributed by atoms with Crippen LogP contribution in [0.25, 0.3) is 0 Å². The summed E-state index contributed by atoms with van der Waals surface area (Å²) in [7, 11) is 0. The van der Waals surface area contributed by atoms with Gasteiger partial charge in [0.1, 0.15) is 13.2 Å². The molecule has 0 aromatic heterocycles. The van der Waals surface area contributed by atoms with Gasteiger partial charge < -0.3 is 23.7 Å². The Labute approximate surface area is 125 Å². The summed E-state index contributed by atoms with van der Waals surface area (Å²) < 4.78 is 27.4. The Balaban J connectivity index is 0.00000200. The Hall–Kier alpha value is -1.01. The highest BCUT2D eigenvalue weighted by molar-refractivity contribution is 5.85. The number of rotatable bonds is 0. The van der Waals surface area contributed by atoms with Gasteiger partial charge in [0.05, 0.1) is 39.6 Å². The van der Waals surface area contributed by atoms with E-state index in [9.17, 15) is 0 Å². The highest BCUT2D eigenvalue weighted by atomic mass is 35.5. The molecule has 0 unspecified atom stereocenters. The molecule has 0 aliphatic carbocycles. The van der Waals surface area contributed by atoms with Crippen molar-refractivity contribution in [3.05, 3.63) is 24.3 Å². The van der Waals surface area contributed by atoms with Crippen molar-refractivity contribution >= 4 is 12.4 Å². The molecule has 0 N–H and O–H groups in total. The third-order valence-corrected chi connectivity index (χ3v) is 2.56. The number of benzene rings is 1. The molecule has 0 amide bonds. The third kappa shape index (κ3) is 6.43. The molecular formula is C14H21ClO5. The Morgan fingerprint density at radius 1 is 0.550 bits per heavy atom. The smallest absolute Gasteiger partial charge is 0.161 e. The van der Waals surface area contributed by atoms with Gasteiger partial charge in [-0.15, -0.1) is 12.4 Å². The second kappa shape index (κ2) is 10.7. The van der Waals surface area contributed by atoms with E-state index in [4.69, 9.17) is 23.7 Å². The highest BCUT2D eigenvalue weighted by Crippen LogP contribution is 2.26. The van der Waals surface area contributed by atoms with Gasteiger partial charge in [0.15, 0.2) is 11.5 Å². The zero-order valence-electron chi connectivity index (χ0n) is 11.4. The topological polar surface area (TPSA) is 46.2 Å². The minimum atomic E-state index is 0. The Kier molecular flexibility index (Phi) is 9.15. The SMILES string of the molecule is Cl.c1ccc2c(c1)OCCOCCOCCOCCO2. The number of hydrogen-bond acceptors (Lipinski definition) is 5. The van der Waals surface area contributed by atoms with Crippen molar-refractivity contribution in [1.82, 2.24) is 0 Å². The molecule has 0 saturated heterocycles. The summed E-state index contributed by atoms with van der Waals surface area (Å²) in [6, 6.07) is 7.61. The summed E-state index contributed by atoms with van der Waals surface area (Å²) in [5.74, 6) is 1.47. The molecule has 0 fully saturated rings. The van der Waals surface area contributed by atoms with E-state index in [2.05, 4.69) is 0 Å². The number of halogens is 1. The number of hydrogen-bond donors (Lipinski definition) is 0. The molecule has 1 aromatic rings. The number of ether oxygens (including phenoxy) is 5. The Morgan fingerprint density at radius 2 is 0.900 bits per heavy atom. The van der Waals surface area contributed by atoms with Crippen LogP contribution in [0.1, 0.15) is 0 Å². The lowest BCUT2D eigenvalue weighted by atomic mass is 10.3. The summed E-state index contributed by atoms with van der Waals surface area (Å²) in [5.41, 5.74) is 0. The highest BCUT2D eigenvalue weighted by Gasteiger charge is 2.04. The molecule has 114 valence electrons. The van der Waals surface area contributed by atoms with Crippen LogP contribution in [0.15, 0.2) is 24.3 Å². The van der Waals surface area contributed by atoms with Gasteiger partial charge in [-0.05, 0) is 12.1 Å². The summed E-state index contributed by atoms with van der Waals surface area (Å²) in [6.45, 7) is 4.37. The van der Waals surface area contributed by atoms with Crippen molar-refractivity contribution in [1.29, 1.82) is 0 Å². The first-order chi connectivity index (χ1) is 9.47. The van der Waals surface area contributed by atoms with Gasteiger partial charge in [-0.1, -0.05) is 12.1 Å². The van der Waals surface area contributed by atoms with Crippen LogP contribution >= 0.6 is 12.4 Å². The van der Waals surface area contributed by atoms with Crippen LogP contribution in [0.2, 0.25) is 0 Å². The first-order valence-electron chi connectivity index (χ1n) is 6.54. The first kappa shape index (κ1) is 17.0. The molecule has 20 heavy (non-hydrogen) atoms. The zero-order chi connectivity index (χ0) is 13.2. The fourth-order valence-corrected chi connectivity index (χ4v) is 1.65. The molecular weight excluding hydrogens is 284 g/mol. The molecule has 0 bridgehead atoms. The van der Waals surface area contributed by atoms with E-state index in [1.807, 2.05) is 24.3 Å². The second-order valence-electron chi connectivity index (χ2n) is 3.98. The molecule has 1 aliphatic rings. The molecule has 5 nitrogen and oxygen atoms in total. The first-order valence-corrected chi connectivity index (χ1v) is 6.54. The van der Waals surface area contributed by atoms with Crippen LogP contribution in [0.5, 0.6) is 11.5 Å². The van der Waals surface area contributed by atoms with Crippen molar-refractivity contribution in [2.75, 3.05) is 52.9 Å². The maximum atomic E-state index is 5.63. The van der Waals surface area contributed by atoms with E-state index < -0.39 is 0 Å². The minimum absolute atomic E-state index is 0. The van der Waals surface area contributed by atoms with E-state index in [0.29, 0.717) is 52.9 Å². The Morgan fingerprint density at radius 3 is 1.30 bits per heavy atom. The van der Waals surface area contributed by atoms with Gasteiger partial charge in [-0.25, -0.2) is 0 Å². The van der Waals surface area contributed by atoms with Crippen molar-refractivity contribution in [3.8, 4) is 11.5 Å². The van der Waals surface area contributed by atoms with Crippen LogP contribution in [0, 0.1) is 0 Å². The lowest BCUT2D eigenvalue weighted by Crippen LogP contribution is -2.13. The van der Waals surface area contributed by atoms with Gasteiger partial charge in [0, 0.05) is 0 Å². The van der Waals surface area contributed by atoms with E-state index >= 15 is 0 Å². The van der Waals surface area contributed by atoms with Crippen LogP contribution in [-0.2, 0) is 14.2 Å². The standard InChI is InChI=1S/C14H20O5.ClH/c1-2-4-14-13(3-1)18-11-9-16-7-5-15-6-8-17-10-12-19-14;/h1-4H,5-12H2;1H. The lowest BCUT2D eigenvalue weighted by molar-refractivity contribution is 0.00708. The fourth-order valence-electron chi connectivity index (χ4n) is 1.65. The van der Waals surface area contributed by atoms with E-state index in [0.717, 1.165) is 11.5 Å². The van der Waals surface area contributed by atoms with Gasteiger partial charge in [-0.2, -0.15) is 0 Å². The van der Waals surface area contributed by atoms with Crippen molar-refractivity contribution < 1.29 is 23.7 Å². The molecule has 1 aliphatic heterocycles. The summed E-state index contributed by atoms with van der Waals surface area (Å²) in [4.78, 5) is 0. The fraction of sp³-hybridized carbons (Fsp3) is 0.571. The largest absolute Gasteiger partial charge is 0.487 e. The quantitative estimate of drug-likeness (QED) is 0.733. The maximum absolute atomic E-state index is 5.63. The normalized spacial score (nSPS) is 18.2. The monoisotopic (exact) mass is 304 g/mol. The van der Waals surface area contributed by atoms with Crippen LogP contribution in [-0.4, -0.2) is 52.9 Å². The predicted molar refractivity (Wildman–Crippen MR) is 77.1 cm³/mol. The van der Waals surface area contributed by atoms with E-state index in [1.54, 1.807) is 0 Å². The second-order valence-corrected chi connectivity index (χ2v) is 3.98. The molecule has 6 heteroatoms. The lowest BCUT2D eigenvalue weighted by Gasteiger charge is -2.12. The third-order valence-electron chi connectivity index (χ3n) is 2.56. The van der Waals surface area contributed by atoms with E-state index in [1.165, 1.54) is 0 Å². The van der Waals surface area contributed by atoms with Crippen LogP contribution in [0.4, 0.5) is 0 Å². The molecule has 2 rings (SSSR count). The average Bonchev–Trinajstić information content (AvgIpc) is 2.45. The van der Waals surface area contributed by atoms with Crippen molar-refractivity contribution in [2.24, 2.45) is 0 Å². The summed E-state index contributed by atoms with van der Waals surface area (Å²) in [5, 5.41) is 0. The van der Waals surface area contributed by atoms with Crippen LogP contribution < -0.4 is 9.47 Å². The van der Waals surface area contributed by atoms with Gasteiger partial charge in [-0.3, -0.25) is 0 Å². The van der Waals surface area contributed by atoms with Crippen LogP contribution in [0.3, 0.4) is 0 Å².